The molecule has 0 aromatic heterocycles. The van der Waals surface area contributed by atoms with Gasteiger partial charge in [0.15, 0.2) is 0 Å². The first-order chi connectivity index (χ1) is 10.8. The van der Waals surface area contributed by atoms with Crippen LogP contribution in [0.3, 0.4) is 0 Å². The molecule has 0 heterocycles. The summed E-state index contributed by atoms with van der Waals surface area (Å²) in [5.41, 5.74) is 2.65. The number of aromatic hydroxyl groups is 1. The molecule has 1 aliphatic carbocycles. The lowest BCUT2D eigenvalue weighted by molar-refractivity contribution is 0.130. The van der Waals surface area contributed by atoms with Crippen LogP contribution >= 0.6 is 12.4 Å². The van der Waals surface area contributed by atoms with Gasteiger partial charge in [-0.3, -0.25) is 4.90 Å². The van der Waals surface area contributed by atoms with E-state index in [1.807, 2.05) is 12.1 Å². The molecular weight excluding hydrogens is 306 g/mol. The van der Waals surface area contributed by atoms with Gasteiger partial charge in [-0.05, 0) is 48.9 Å². The Balaban J connectivity index is 0.00000192. The third-order valence-corrected chi connectivity index (χ3v) is 4.72. The molecule has 2 aromatic carbocycles. The van der Waals surface area contributed by atoms with Crippen LogP contribution in [0.2, 0.25) is 0 Å². The number of rotatable bonds is 7. The van der Waals surface area contributed by atoms with Gasteiger partial charge in [0.2, 0.25) is 0 Å². The van der Waals surface area contributed by atoms with Gasteiger partial charge in [0, 0.05) is 19.1 Å². The van der Waals surface area contributed by atoms with E-state index in [2.05, 4.69) is 41.3 Å². The van der Waals surface area contributed by atoms with E-state index in [1.54, 1.807) is 6.07 Å². The Hall–Kier alpha value is -1.51. The number of benzene rings is 2. The second-order valence-corrected chi connectivity index (χ2v) is 6.28. The van der Waals surface area contributed by atoms with Gasteiger partial charge in [-0.25, -0.2) is 0 Å². The third-order valence-electron chi connectivity index (χ3n) is 4.72. The highest BCUT2D eigenvalue weighted by Gasteiger charge is 2.24. The Bertz CT molecular complexity index is 583. The van der Waals surface area contributed by atoms with Crippen molar-refractivity contribution < 1.29 is 5.11 Å². The Kier molecular flexibility index (Phi) is 6.94. The Morgan fingerprint density at radius 1 is 0.870 bits per heavy atom. The second-order valence-electron chi connectivity index (χ2n) is 6.28. The van der Waals surface area contributed by atoms with Gasteiger partial charge in [-0.1, -0.05) is 48.9 Å². The van der Waals surface area contributed by atoms with Crippen LogP contribution in [0.25, 0.3) is 0 Å². The van der Waals surface area contributed by atoms with Crippen molar-refractivity contribution in [1.29, 1.82) is 0 Å². The van der Waals surface area contributed by atoms with Crippen LogP contribution in [0.5, 0.6) is 5.75 Å². The standard InChI is InChI=1S/C20H25NO.ClH/c22-20-11-4-8-18(16-20)13-15-21(19-9-5-10-19)14-12-17-6-2-1-3-7-17;/h1-4,6-8,11,16,19,22H,5,9-10,12-15H2;1H. The number of phenolic OH excluding ortho intramolecular Hbond substituents is 1. The minimum absolute atomic E-state index is 0. The third kappa shape index (κ3) is 5.26. The molecule has 1 N–H and O–H groups in total. The molecule has 1 aliphatic rings. The van der Waals surface area contributed by atoms with E-state index in [-0.39, 0.29) is 12.4 Å². The summed E-state index contributed by atoms with van der Waals surface area (Å²) in [6, 6.07) is 19.2. The van der Waals surface area contributed by atoms with Crippen molar-refractivity contribution in [2.75, 3.05) is 13.1 Å². The van der Waals surface area contributed by atoms with Crippen molar-refractivity contribution in [2.24, 2.45) is 0 Å². The summed E-state index contributed by atoms with van der Waals surface area (Å²) in [5.74, 6) is 0.372. The predicted molar refractivity (Wildman–Crippen MR) is 98.4 cm³/mol. The summed E-state index contributed by atoms with van der Waals surface area (Å²) in [4.78, 5) is 2.64. The molecule has 0 saturated heterocycles. The zero-order valence-electron chi connectivity index (χ0n) is 13.5. The quantitative estimate of drug-likeness (QED) is 0.810. The van der Waals surface area contributed by atoms with E-state index in [0.29, 0.717) is 5.75 Å². The van der Waals surface area contributed by atoms with E-state index < -0.39 is 0 Å². The molecule has 1 saturated carbocycles. The lowest BCUT2D eigenvalue weighted by atomic mass is 9.91. The number of hydrogen-bond donors (Lipinski definition) is 1. The van der Waals surface area contributed by atoms with Gasteiger partial charge in [-0.15, -0.1) is 12.4 Å². The summed E-state index contributed by atoms with van der Waals surface area (Å²) in [6.07, 6.45) is 6.19. The number of hydrogen-bond acceptors (Lipinski definition) is 2. The first kappa shape index (κ1) is 17.8. The average molecular weight is 332 g/mol. The highest BCUT2D eigenvalue weighted by molar-refractivity contribution is 5.85. The maximum Gasteiger partial charge on any atom is 0.115 e. The molecule has 0 unspecified atom stereocenters. The van der Waals surface area contributed by atoms with Crippen molar-refractivity contribution >= 4 is 12.4 Å². The van der Waals surface area contributed by atoms with E-state index in [0.717, 1.165) is 32.0 Å². The maximum absolute atomic E-state index is 9.58. The predicted octanol–water partition coefficient (Wildman–Crippen LogP) is 4.45. The zero-order valence-corrected chi connectivity index (χ0v) is 14.3. The minimum Gasteiger partial charge on any atom is -0.508 e. The molecule has 0 atom stereocenters. The van der Waals surface area contributed by atoms with Gasteiger partial charge in [0.1, 0.15) is 5.75 Å². The summed E-state index contributed by atoms with van der Waals surface area (Å²) in [7, 11) is 0. The van der Waals surface area contributed by atoms with Crippen molar-refractivity contribution in [3.63, 3.8) is 0 Å². The molecule has 23 heavy (non-hydrogen) atoms. The van der Waals surface area contributed by atoms with Crippen LogP contribution in [0.1, 0.15) is 30.4 Å². The summed E-state index contributed by atoms with van der Waals surface area (Å²) >= 11 is 0. The van der Waals surface area contributed by atoms with Gasteiger partial charge in [-0.2, -0.15) is 0 Å². The Morgan fingerprint density at radius 3 is 2.13 bits per heavy atom. The molecule has 2 aromatic rings. The van der Waals surface area contributed by atoms with Crippen LogP contribution < -0.4 is 0 Å². The molecule has 0 aliphatic heterocycles. The van der Waals surface area contributed by atoms with Gasteiger partial charge >= 0.3 is 0 Å². The highest BCUT2D eigenvalue weighted by atomic mass is 35.5. The van der Waals surface area contributed by atoms with Gasteiger partial charge in [0.25, 0.3) is 0 Å². The second kappa shape index (κ2) is 8.95. The van der Waals surface area contributed by atoms with Crippen LogP contribution in [-0.2, 0) is 12.8 Å². The lowest BCUT2D eigenvalue weighted by Crippen LogP contribution is -2.42. The largest absolute Gasteiger partial charge is 0.508 e. The lowest BCUT2D eigenvalue weighted by Gasteiger charge is -2.37. The first-order valence-corrected chi connectivity index (χ1v) is 8.37. The molecule has 2 nitrogen and oxygen atoms in total. The average Bonchev–Trinajstić information content (AvgIpc) is 2.49. The van der Waals surface area contributed by atoms with E-state index in [1.165, 1.54) is 30.4 Å². The van der Waals surface area contributed by atoms with Crippen LogP contribution in [0.4, 0.5) is 0 Å². The fourth-order valence-corrected chi connectivity index (χ4v) is 3.13. The van der Waals surface area contributed by atoms with Crippen molar-refractivity contribution in [2.45, 2.75) is 38.1 Å². The highest BCUT2D eigenvalue weighted by Crippen LogP contribution is 2.25. The van der Waals surface area contributed by atoms with E-state index >= 15 is 0 Å². The monoisotopic (exact) mass is 331 g/mol. The van der Waals surface area contributed by atoms with Crippen molar-refractivity contribution in [3.8, 4) is 5.75 Å². The Labute approximate surface area is 145 Å². The van der Waals surface area contributed by atoms with E-state index in [9.17, 15) is 5.11 Å². The zero-order chi connectivity index (χ0) is 15.2. The molecule has 0 radical (unpaired) electrons. The maximum atomic E-state index is 9.58. The van der Waals surface area contributed by atoms with Crippen molar-refractivity contribution in [1.82, 2.24) is 4.90 Å². The van der Waals surface area contributed by atoms with Crippen LogP contribution in [0.15, 0.2) is 54.6 Å². The fraction of sp³-hybridized carbons (Fsp3) is 0.400. The van der Waals surface area contributed by atoms with Crippen LogP contribution in [-0.4, -0.2) is 29.1 Å². The minimum atomic E-state index is 0. The summed E-state index contributed by atoms with van der Waals surface area (Å²) in [6.45, 7) is 2.22. The SMILES string of the molecule is Cl.Oc1cccc(CCN(CCc2ccccc2)C2CCC2)c1. The number of phenols is 1. The first-order valence-electron chi connectivity index (χ1n) is 8.37. The molecule has 3 rings (SSSR count). The smallest absolute Gasteiger partial charge is 0.115 e. The number of halogens is 1. The van der Waals surface area contributed by atoms with E-state index in [4.69, 9.17) is 0 Å². The molecule has 3 heteroatoms. The van der Waals surface area contributed by atoms with Gasteiger partial charge in [0.05, 0.1) is 0 Å². The topological polar surface area (TPSA) is 23.5 Å². The van der Waals surface area contributed by atoms with Crippen LogP contribution in [0, 0.1) is 0 Å². The Morgan fingerprint density at radius 2 is 1.52 bits per heavy atom. The molecule has 0 bridgehead atoms. The van der Waals surface area contributed by atoms with Gasteiger partial charge < -0.3 is 5.11 Å². The molecule has 0 spiro atoms. The normalized spacial score (nSPS) is 14.3. The van der Waals surface area contributed by atoms with Crippen molar-refractivity contribution in [3.05, 3.63) is 65.7 Å². The molecule has 124 valence electrons. The molecule has 0 amide bonds. The fourth-order valence-electron chi connectivity index (χ4n) is 3.13. The molecule has 1 fully saturated rings. The summed E-state index contributed by atoms with van der Waals surface area (Å²) < 4.78 is 0. The number of nitrogens with zero attached hydrogens (tertiary/aromatic N) is 1. The summed E-state index contributed by atoms with van der Waals surface area (Å²) in [5, 5.41) is 9.58. The molecular formula is C20H26ClNO.